The number of rotatable bonds is 5. The topological polar surface area (TPSA) is 153 Å². The molecule has 1 aromatic rings. The van der Waals surface area contributed by atoms with E-state index in [-0.39, 0.29) is 18.9 Å². The lowest BCUT2D eigenvalue weighted by Gasteiger charge is -2.25. The molecule has 0 bridgehead atoms. The second kappa shape index (κ2) is 10.7. The molecule has 1 amide bonds. The fourth-order valence-electron chi connectivity index (χ4n) is 2.54. The molecular formula is C16H25N7O2. The minimum absolute atomic E-state index is 0.00722. The van der Waals surface area contributed by atoms with Crippen LogP contribution in [-0.2, 0) is 4.79 Å². The highest BCUT2D eigenvalue weighted by atomic mass is 16.3. The highest BCUT2D eigenvalue weighted by Gasteiger charge is 2.15. The van der Waals surface area contributed by atoms with Crippen molar-refractivity contribution < 1.29 is 4.79 Å². The molecule has 1 fully saturated rings. The number of nitroso groups, excluding NO2 is 1. The summed E-state index contributed by atoms with van der Waals surface area (Å²) in [4.78, 5) is 25.8. The van der Waals surface area contributed by atoms with Gasteiger partial charge in [0.05, 0.1) is 17.5 Å². The van der Waals surface area contributed by atoms with Crippen molar-refractivity contribution in [3.05, 3.63) is 28.4 Å². The number of anilines is 1. The van der Waals surface area contributed by atoms with E-state index in [4.69, 9.17) is 16.7 Å². The van der Waals surface area contributed by atoms with Gasteiger partial charge in [0.2, 0.25) is 5.91 Å². The number of nitrogens with two attached hydrogens (primary N) is 2. The molecule has 0 atom stereocenters. The number of amides is 1. The zero-order chi connectivity index (χ0) is 18.7. The number of piperidine rings is 1. The Morgan fingerprint density at radius 2 is 2.12 bits per heavy atom. The second-order valence-corrected chi connectivity index (χ2v) is 5.52. The molecule has 25 heavy (non-hydrogen) atoms. The van der Waals surface area contributed by atoms with Crippen LogP contribution in [-0.4, -0.2) is 42.5 Å². The van der Waals surface area contributed by atoms with Gasteiger partial charge in [0.1, 0.15) is 18.8 Å². The lowest BCUT2D eigenvalue weighted by atomic mass is 10.1. The Bertz CT molecular complexity index is 639. The van der Waals surface area contributed by atoms with E-state index in [9.17, 15) is 9.70 Å². The van der Waals surface area contributed by atoms with Gasteiger partial charge in [-0.25, -0.2) is 0 Å². The molecule has 1 aliphatic rings. The van der Waals surface area contributed by atoms with Crippen LogP contribution in [0.3, 0.4) is 0 Å². The molecule has 2 heterocycles. The van der Waals surface area contributed by atoms with E-state index in [0.717, 1.165) is 31.5 Å². The molecule has 0 aliphatic carbocycles. The van der Waals surface area contributed by atoms with Crippen molar-refractivity contribution in [2.75, 3.05) is 32.4 Å². The van der Waals surface area contributed by atoms with Crippen LogP contribution >= 0.6 is 0 Å². The standard InChI is InChI=1S/C8H13N5O.C8H12N2O/c1-11-7(6(9)4-13-14)5-2-3-12-8(5)10;9-5-4-8(11)10-6-2-1-3-7-10/h2-3,11-12H,4,9-10H2,1H3;1-4,6-7H2/b7-6+;. The van der Waals surface area contributed by atoms with Crippen molar-refractivity contribution in [1.29, 1.82) is 5.26 Å². The molecule has 0 radical (unpaired) electrons. The molecule has 1 aliphatic heterocycles. The van der Waals surface area contributed by atoms with Gasteiger partial charge in [-0.2, -0.15) is 10.2 Å². The lowest BCUT2D eigenvalue weighted by Crippen LogP contribution is -2.35. The Kier molecular flexibility index (Phi) is 8.57. The second-order valence-electron chi connectivity index (χ2n) is 5.52. The third kappa shape index (κ3) is 6.18. The van der Waals surface area contributed by atoms with Gasteiger partial charge in [-0.3, -0.25) is 4.79 Å². The zero-order valence-corrected chi connectivity index (χ0v) is 14.4. The van der Waals surface area contributed by atoms with Crippen molar-refractivity contribution in [1.82, 2.24) is 15.2 Å². The predicted molar refractivity (Wildman–Crippen MR) is 96.7 cm³/mol. The molecule has 1 saturated heterocycles. The number of nitrogens with one attached hydrogen (secondary N) is 2. The Balaban J connectivity index is 0.000000257. The molecule has 9 nitrogen and oxygen atoms in total. The first-order valence-electron chi connectivity index (χ1n) is 8.08. The molecule has 2 rings (SSSR count). The number of nitrogens with zero attached hydrogens (tertiary/aromatic N) is 3. The van der Waals surface area contributed by atoms with Gasteiger partial charge in [0, 0.05) is 31.9 Å². The van der Waals surface area contributed by atoms with Crippen LogP contribution < -0.4 is 16.8 Å². The summed E-state index contributed by atoms with van der Waals surface area (Å²) in [6, 6.07) is 3.65. The first-order valence-corrected chi connectivity index (χ1v) is 8.08. The smallest absolute Gasteiger partial charge is 0.236 e. The van der Waals surface area contributed by atoms with Gasteiger partial charge in [0.15, 0.2) is 0 Å². The maximum Gasteiger partial charge on any atom is 0.236 e. The summed E-state index contributed by atoms with van der Waals surface area (Å²) in [7, 11) is 1.71. The molecule has 1 aromatic heterocycles. The van der Waals surface area contributed by atoms with E-state index in [0.29, 0.717) is 17.2 Å². The Labute approximate surface area is 147 Å². The number of hydrogen-bond acceptors (Lipinski definition) is 7. The minimum atomic E-state index is -0.0548. The van der Waals surface area contributed by atoms with E-state index in [2.05, 4.69) is 15.5 Å². The van der Waals surface area contributed by atoms with Crippen molar-refractivity contribution in [3.63, 3.8) is 0 Å². The normalized spacial score (nSPS) is 14.5. The number of hydrogen-bond donors (Lipinski definition) is 4. The number of carbonyl (C=O) groups is 1. The number of nitrogen functional groups attached to an aromatic ring is 1. The van der Waals surface area contributed by atoms with Crippen molar-refractivity contribution in [3.8, 4) is 6.07 Å². The van der Waals surface area contributed by atoms with Gasteiger partial charge in [-0.15, -0.1) is 0 Å². The molecule has 136 valence electrons. The number of carbonyl (C=O) groups excluding carboxylic acids is 1. The molecular weight excluding hydrogens is 322 g/mol. The van der Waals surface area contributed by atoms with Crippen LogP contribution in [0.25, 0.3) is 5.70 Å². The number of likely N-dealkylation sites (tertiary alicyclic amines) is 1. The largest absolute Gasteiger partial charge is 0.399 e. The van der Waals surface area contributed by atoms with Crippen LogP contribution in [0.2, 0.25) is 0 Å². The van der Waals surface area contributed by atoms with Gasteiger partial charge < -0.3 is 26.7 Å². The Morgan fingerprint density at radius 3 is 2.60 bits per heavy atom. The Morgan fingerprint density at radius 1 is 1.44 bits per heavy atom. The number of aromatic nitrogens is 1. The average Bonchev–Trinajstić information content (AvgIpc) is 3.03. The fraction of sp³-hybridized carbons (Fsp3) is 0.500. The SMILES string of the molecule is CN/C(=C(/N)CN=O)c1cc[nH]c1N.N#CCC(=O)N1CCCCC1. The highest BCUT2D eigenvalue weighted by molar-refractivity contribution is 5.78. The van der Waals surface area contributed by atoms with Crippen molar-refractivity contribution in [2.45, 2.75) is 25.7 Å². The first kappa shape index (κ1) is 20.0. The van der Waals surface area contributed by atoms with Gasteiger partial charge >= 0.3 is 0 Å². The molecule has 0 spiro atoms. The average molecular weight is 347 g/mol. The molecule has 0 unspecified atom stereocenters. The monoisotopic (exact) mass is 347 g/mol. The van der Waals surface area contributed by atoms with Crippen LogP contribution in [0.1, 0.15) is 31.2 Å². The number of nitriles is 1. The van der Waals surface area contributed by atoms with Crippen LogP contribution in [0.5, 0.6) is 0 Å². The first-order chi connectivity index (χ1) is 12.0. The van der Waals surface area contributed by atoms with E-state index >= 15 is 0 Å². The van der Waals surface area contributed by atoms with Crippen molar-refractivity contribution in [2.24, 2.45) is 10.9 Å². The highest BCUT2D eigenvalue weighted by Crippen LogP contribution is 2.19. The summed E-state index contributed by atoms with van der Waals surface area (Å²) in [6.07, 6.45) is 5.15. The summed E-state index contributed by atoms with van der Waals surface area (Å²) < 4.78 is 0. The Hall–Kier alpha value is -3.02. The lowest BCUT2D eigenvalue weighted by molar-refractivity contribution is -0.130. The minimum Gasteiger partial charge on any atom is -0.399 e. The summed E-state index contributed by atoms with van der Waals surface area (Å²) >= 11 is 0. The van der Waals surface area contributed by atoms with Crippen molar-refractivity contribution >= 4 is 17.4 Å². The van der Waals surface area contributed by atoms with Gasteiger partial charge in [-0.05, 0) is 25.3 Å². The maximum absolute atomic E-state index is 11.1. The number of aromatic amines is 1. The third-order valence-electron chi connectivity index (χ3n) is 3.79. The third-order valence-corrected chi connectivity index (χ3v) is 3.79. The van der Waals surface area contributed by atoms with Crippen LogP contribution in [0.4, 0.5) is 5.82 Å². The van der Waals surface area contributed by atoms with E-state index in [1.807, 2.05) is 6.07 Å². The summed E-state index contributed by atoms with van der Waals surface area (Å²) in [6.45, 7) is 1.64. The van der Waals surface area contributed by atoms with E-state index < -0.39 is 0 Å². The van der Waals surface area contributed by atoms with Crippen LogP contribution in [0.15, 0.2) is 23.1 Å². The van der Waals surface area contributed by atoms with E-state index in [1.54, 1.807) is 24.2 Å². The molecule has 0 saturated carbocycles. The summed E-state index contributed by atoms with van der Waals surface area (Å²) in [5.74, 6) is 0.496. The zero-order valence-electron chi connectivity index (χ0n) is 14.4. The summed E-state index contributed by atoms with van der Waals surface area (Å²) in [5.41, 5.74) is 13.1. The van der Waals surface area contributed by atoms with Gasteiger partial charge in [0.25, 0.3) is 0 Å². The quantitative estimate of drug-likeness (QED) is 0.585. The number of H-pyrrole nitrogens is 1. The maximum atomic E-state index is 11.1. The summed E-state index contributed by atoms with van der Waals surface area (Å²) in [5, 5.41) is 13.9. The van der Waals surface area contributed by atoms with Gasteiger partial charge in [-0.1, -0.05) is 5.18 Å². The predicted octanol–water partition coefficient (Wildman–Crippen LogP) is 1.12. The molecule has 6 N–H and O–H groups in total. The molecule has 0 aromatic carbocycles. The van der Waals surface area contributed by atoms with E-state index in [1.165, 1.54) is 6.42 Å². The fourth-order valence-corrected chi connectivity index (χ4v) is 2.54. The van der Waals surface area contributed by atoms with Crippen LogP contribution in [0, 0.1) is 16.2 Å². The molecule has 9 heteroatoms.